The SMILES string of the molecule is Cc1cc(C(C)(C)C)ccc1OCn1ccc(C(=O)O)n1. The van der Waals surface area contributed by atoms with Crippen LogP contribution in [0.2, 0.25) is 0 Å². The van der Waals surface area contributed by atoms with Gasteiger partial charge >= 0.3 is 5.97 Å². The maximum atomic E-state index is 10.8. The molecule has 0 amide bonds. The highest BCUT2D eigenvalue weighted by atomic mass is 16.5. The molecule has 0 unspecified atom stereocenters. The highest BCUT2D eigenvalue weighted by molar-refractivity contribution is 5.84. The molecule has 0 radical (unpaired) electrons. The van der Waals surface area contributed by atoms with Crippen LogP contribution < -0.4 is 4.74 Å². The number of ether oxygens (including phenoxy) is 1. The largest absolute Gasteiger partial charge is 0.476 e. The number of aromatic carboxylic acids is 1. The standard InChI is InChI=1S/C16H20N2O3/c1-11-9-12(16(2,3)4)5-6-14(11)21-10-18-8-7-13(17-18)15(19)20/h5-9H,10H2,1-4H3,(H,19,20). The van der Waals surface area contributed by atoms with Gasteiger partial charge in [0, 0.05) is 6.20 Å². The Hall–Kier alpha value is -2.30. The second-order valence-corrected chi connectivity index (χ2v) is 6.05. The quantitative estimate of drug-likeness (QED) is 0.938. The van der Waals surface area contributed by atoms with Gasteiger partial charge in [-0.1, -0.05) is 32.9 Å². The molecule has 0 atom stereocenters. The summed E-state index contributed by atoms with van der Waals surface area (Å²) in [6.07, 6.45) is 1.59. The monoisotopic (exact) mass is 288 g/mol. The van der Waals surface area contributed by atoms with Crippen molar-refractivity contribution in [1.82, 2.24) is 9.78 Å². The number of rotatable bonds is 4. The van der Waals surface area contributed by atoms with Crippen LogP contribution >= 0.6 is 0 Å². The van der Waals surface area contributed by atoms with E-state index >= 15 is 0 Å². The molecule has 0 bridgehead atoms. The Balaban J connectivity index is 2.08. The molecule has 1 aromatic carbocycles. The smallest absolute Gasteiger partial charge is 0.356 e. The van der Waals surface area contributed by atoms with Crippen molar-refractivity contribution in [3.05, 3.63) is 47.3 Å². The summed E-state index contributed by atoms with van der Waals surface area (Å²) < 4.78 is 7.15. The Kier molecular flexibility index (Phi) is 4.02. The first-order valence-corrected chi connectivity index (χ1v) is 6.78. The van der Waals surface area contributed by atoms with Crippen molar-refractivity contribution in [2.24, 2.45) is 0 Å². The van der Waals surface area contributed by atoms with Crippen molar-refractivity contribution in [3.63, 3.8) is 0 Å². The Morgan fingerprint density at radius 1 is 1.33 bits per heavy atom. The van der Waals surface area contributed by atoms with Gasteiger partial charge in [0.25, 0.3) is 0 Å². The molecule has 0 aliphatic carbocycles. The van der Waals surface area contributed by atoms with Crippen LogP contribution in [0.15, 0.2) is 30.5 Å². The van der Waals surface area contributed by atoms with Gasteiger partial charge in [0.2, 0.25) is 0 Å². The van der Waals surface area contributed by atoms with E-state index in [2.05, 4.69) is 31.9 Å². The molecule has 2 aromatic rings. The summed E-state index contributed by atoms with van der Waals surface area (Å²) in [5.74, 6) is -0.269. The van der Waals surface area contributed by atoms with Gasteiger partial charge in [-0.05, 0) is 35.6 Å². The lowest BCUT2D eigenvalue weighted by atomic mass is 9.86. The molecule has 1 aromatic heterocycles. The van der Waals surface area contributed by atoms with E-state index in [1.165, 1.54) is 16.3 Å². The van der Waals surface area contributed by atoms with Gasteiger partial charge < -0.3 is 9.84 Å². The zero-order valence-electron chi connectivity index (χ0n) is 12.8. The molecular weight excluding hydrogens is 268 g/mol. The summed E-state index contributed by atoms with van der Waals surface area (Å²) in [7, 11) is 0. The van der Waals surface area contributed by atoms with E-state index in [1.54, 1.807) is 6.20 Å². The average Bonchev–Trinajstić information content (AvgIpc) is 2.85. The Labute approximate surface area is 124 Å². The second-order valence-electron chi connectivity index (χ2n) is 6.05. The maximum absolute atomic E-state index is 10.8. The summed E-state index contributed by atoms with van der Waals surface area (Å²) in [6.45, 7) is 8.68. The molecule has 0 aliphatic heterocycles. The minimum Gasteiger partial charge on any atom is -0.476 e. The Morgan fingerprint density at radius 3 is 2.57 bits per heavy atom. The fourth-order valence-corrected chi connectivity index (χ4v) is 1.96. The lowest BCUT2D eigenvalue weighted by molar-refractivity contribution is 0.0688. The molecule has 0 saturated carbocycles. The molecular formula is C16H20N2O3. The molecule has 1 heterocycles. The van der Waals surface area contributed by atoms with Crippen LogP contribution in [-0.4, -0.2) is 20.9 Å². The minimum absolute atomic E-state index is 0.0124. The first kappa shape index (κ1) is 15.1. The van der Waals surface area contributed by atoms with Crippen molar-refractivity contribution >= 4 is 5.97 Å². The van der Waals surface area contributed by atoms with Crippen molar-refractivity contribution < 1.29 is 14.6 Å². The van der Waals surface area contributed by atoms with E-state index < -0.39 is 5.97 Å². The van der Waals surface area contributed by atoms with Gasteiger partial charge in [-0.3, -0.25) is 0 Å². The number of aryl methyl sites for hydroxylation is 1. The Morgan fingerprint density at radius 2 is 2.05 bits per heavy atom. The third-order valence-electron chi connectivity index (χ3n) is 3.25. The first-order chi connectivity index (χ1) is 9.77. The zero-order valence-corrected chi connectivity index (χ0v) is 12.8. The van der Waals surface area contributed by atoms with Gasteiger partial charge in [0.15, 0.2) is 12.4 Å². The molecule has 0 saturated heterocycles. The van der Waals surface area contributed by atoms with E-state index in [1.807, 2.05) is 19.1 Å². The van der Waals surface area contributed by atoms with Crippen LogP contribution in [0.4, 0.5) is 0 Å². The Bertz CT molecular complexity index is 654. The van der Waals surface area contributed by atoms with Gasteiger partial charge in [-0.15, -0.1) is 0 Å². The third kappa shape index (κ3) is 3.62. The summed E-state index contributed by atoms with van der Waals surface area (Å²) in [6, 6.07) is 7.55. The molecule has 21 heavy (non-hydrogen) atoms. The van der Waals surface area contributed by atoms with Crippen LogP contribution in [0.25, 0.3) is 0 Å². The summed E-state index contributed by atoms with van der Waals surface area (Å²) >= 11 is 0. The molecule has 5 heteroatoms. The van der Waals surface area contributed by atoms with Crippen molar-refractivity contribution in [1.29, 1.82) is 0 Å². The number of hydrogen-bond donors (Lipinski definition) is 1. The average molecular weight is 288 g/mol. The van der Waals surface area contributed by atoms with Crippen LogP contribution in [0.1, 0.15) is 42.4 Å². The lowest BCUT2D eigenvalue weighted by Crippen LogP contribution is -2.12. The van der Waals surface area contributed by atoms with Gasteiger partial charge in [-0.25, -0.2) is 9.48 Å². The number of carboxylic acids is 1. The van der Waals surface area contributed by atoms with Crippen LogP contribution in [0.3, 0.4) is 0 Å². The predicted molar refractivity (Wildman–Crippen MR) is 79.7 cm³/mol. The lowest BCUT2D eigenvalue weighted by Gasteiger charge is -2.20. The molecule has 0 aliphatic rings. The molecule has 5 nitrogen and oxygen atoms in total. The molecule has 1 N–H and O–H groups in total. The normalized spacial score (nSPS) is 11.4. The number of carbonyl (C=O) groups is 1. The summed E-state index contributed by atoms with van der Waals surface area (Å²) in [5.41, 5.74) is 2.41. The van der Waals surface area contributed by atoms with Gasteiger partial charge in [-0.2, -0.15) is 5.10 Å². The zero-order chi connectivity index (χ0) is 15.6. The highest BCUT2D eigenvalue weighted by Crippen LogP contribution is 2.27. The maximum Gasteiger partial charge on any atom is 0.356 e. The number of aromatic nitrogens is 2. The fraction of sp³-hybridized carbons (Fsp3) is 0.375. The van der Waals surface area contributed by atoms with Crippen molar-refractivity contribution in [2.75, 3.05) is 0 Å². The fourth-order valence-electron chi connectivity index (χ4n) is 1.96. The second kappa shape index (κ2) is 5.60. The van der Waals surface area contributed by atoms with E-state index in [-0.39, 0.29) is 17.8 Å². The van der Waals surface area contributed by atoms with E-state index in [4.69, 9.17) is 9.84 Å². The number of benzene rings is 1. The highest BCUT2D eigenvalue weighted by Gasteiger charge is 2.15. The topological polar surface area (TPSA) is 64.3 Å². The summed E-state index contributed by atoms with van der Waals surface area (Å²) in [5, 5.41) is 12.7. The molecule has 0 spiro atoms. The van der Waals surface area contributed by atoms with E-state index in [0.717, 1.165) is 11.3 Å². The first-order valence-electron chi connectivity index (χ1n) is 6.78. The van der Waals surface area contributed by atoms with E-state index in [9.17, 15) is 4.79 Å². The molecule has 0 fully saturated rings. The van der Waals surface area contributed by atoms with Crippen LogP contribution in [0, 0.1) is 6.92 Å². The summed E-state index contributed by atoms with van der Waals surface area (Å²) in [4.78, 5) is 10.8. The molecule has 112 valence electrons. The third-order valence-corrected chi connectivity index (χ3v) is 3.25. The van der Waals surface area contributed by atoms with Crippen molar-refractivity contribution in [2.45, 2.75) is 39.8 Å². The van der Waals surface area contributed by atoms with Gasteiger partial charge in [0.05, 0.1) is 0 Å². The predicted octanol–water partition coefficient (Wildman–Crippen LogP) is 3.22. The number of nitrogens with zero attached hydrogens (tertiary/aromatic N) is 2. The van der Waals surface area contributed by atoms with E-state index in [0.29, 0.717) is 0 Å². The number of carboxylic acid groups (broad SMARTS) is 1. The molecule has 2 rings (SSSR count). The minimum atomic E-state index is -1.04. The van der Waals surface area contributed by atoms with Crippen LogP contribution in [0.5, 0.6) is 5.75 Å². The number of hydrogen-bond acceptors (Lipinski definition) is 3. The van der Waals surface area contributed by atoms with Crippen LogP contribution in [-0.2, 0) is 12.1 Å². The van der Waals surface area contributed by atoms with Crippen molar-refractivity contribution in [3.8, 4) is 5.75 Å². The van der Waals surface area contributed by atoms with Gasteiger partial charge in [0.1, 0.15) is 5.75 Å².